The summed E-state index contributed by atoms with van der Waals surface area (Å²) in [6, 6.07) is 0. The molecule has 1 saturated carbocycles. The van der Waals surface area contributed by atoms with Crippen LogP contribution in [0.1, 0.15) is 52.9 Å². The highest BCUT2D eigenvalue weighted by Gasteiger charge is 2.74. The van der Waals surface area contributed by atoms with Crippen molar-refractivity contribution < 1.29 is 38.5 Å². The summed E-state index contributed by atoms with van der Waals surface area (Å²) in [6.07, 6.45) is 8.21. The Morgan fingerprint density at radius 2 is 1.97 bits per heavy atom. The number of hydrogen-bond donors (Lipinski definition) is 1. The van der Waals surface area contributed by atoms with E-state index in [9.17, 15) is 19.2 Å². The summed E-state index contributed by atoms with van der Waals surface area (Å²) in [6.45, 7) is 4.53. The first-order chi connectivity index (χ1) is 14.5. The van der Waals surface area contributed by atoms with Gasteiger partial charge in [-0.15, -0.1) is 0 Å². The van der Waals surface area contributed by atoms with E-state index in [1.807, 2.05) is 0 Å². The van der Waals surface area contributed by atoms with Crippen LogP contribution in [0.3, 0.4) is 0 Å². The number of methoxy groups -OCH3 is 1. The molecule has 0 aromatic rings. The lowest BCUT2D eigenvalue weighted by molar-refractivity contribution is -0.235. The van der Waals surface area contributed by atoms with Crippen molar-refractivity contribution in [3.63, 3.8) is 0 Å². The van der Waals surface area contributed by atoms with Crippen LogP contribution in [0.5, 0.6) is 0 Å². The van der Waals surface area contributed by atoms with Gasteiger partial charge in [-0.3, -0.25) is 9.59 Å². The lowest BCUT2D eigenvalue weighted by Crippen LogP contribution is -2.65. The molecule has 1 saturated heterocycles. The second-order valence-electron chi connectivity index (χ2n) is 8.67. The van der Waals surface area contributed by atoms with Crippen LogP contribution in [0, 0.1) is 11.3 Å². The van der Waals surface area contributed by atoms with Crippen molar-refractivity contribution in [3.8, 4) is 0 Å². The molecule has 1 heterocycles. The molecule has 2 bridgehead atoms. The molecular weight excluding hydrogens is 404 g/mol. The Balaban J connectivity index is 2.07. The first-order valence-corrected chi connectivity index (χ1v) is 10.3. The third-order valence-corrected chi connectivity index (χ3v) is 6.97. The molecule has 31 heavy (non-hydrogen) atoms. The molecule has 0 aromatic carbocycles. The number of rotatable bonds is 5. The number of cyclic esters (lactones) is 1. The standard InChI is InChI=1S/C23H28O8/c1-14(18(25)26)6-5-10-21(3)17-9-12-22(20(28)31-21)11-7-16(19(27)29-4)8-13-23(17,22)30-15(2)24/h5-7,10,17H,8-9,11-13H2,1-4H3,(H,25,26)/t17?,21-,22-,23+/m1/s1. The number of esters is 3. The number of carbonyl (C=O) groups is 4. The normalized spacial score (nSPS) is 35.0. The van der Waals surface area contributed by atoms with E-state index >= 15 is 0 Å². The smallest absolute Gasteiger partial charge is 0.333 e. The first-order valence-electron chi connectivity index (χ1n) is 10.3. The van der Waals surface area contributed by atoms with Gasteiger partial charge in [0.1, 0.15) is 16.6 Å². The summed E-state index contributed by atoms with van der Waals surface area (Å²) in [5.41, 5.74) is -2.71. The Kier molecular flexibility index (Phi) is 5.86. The maximum absolute atomic E-state index is 13.4. The molecule has 0 aromatic heterocycles. The van der Waals surface area contributed by atoms with Crippen LogP contribution in [0.2, 0.25) is 0 Å². The van der Waals surface area contributed by atoms with Crippen LogP contribution in [-0.4, -0.2) is 47.3 Å². The van der Waals surface area contributed by atoms with E-state index in [2.05, 4.69) is 0 Å². The van der Waals surface area contributed by atoms with Crippen molar-refractivity contribution in [2.45, 2.75) is 64.1 Å². The molecule has 0 amide bonds. The number of aliphatic carboxylic acids is 1. The Hall–Kier alpha value is -2.90. The molecule has 8 nitrogen and oxygen atoms in total. The molecule has 1 unspecified atom stereocenters. The summed E-state index contributed by atoms with van der Waals surface area (Å²) in [5.74, 6) is -2.83. The van der Waals surface area contributed by atoms with Crippen LogP contribution in [0.25, 0.3) is 0 Å². The van der Waals surface area contributed by atoms with Crippen molar-refractivity contribution in [1.82, 2.24) is 0 Å². The summed E-state index contributed by atoms with van der Waals surface area (Å²) < 4.78 is 16.7. The van der Waals surface area contributed by atoms with E-state index in [4.69, 9.17) is 19.3 Å². The predicted octanol–water partition coefficient (Wildman–Crippen LogP) is 2.87. The predicted molar refractivity (Wildman–Crippen MR) is 109 cm³/mol. The maximum atomic E-state index is 13.4. The van der Waals surface area contributed by atoms with Gasteiger partial charge in [0.15, 0.2) is 0 Å². The SMILES string of the molecule is COC(=O)C1=CC[C@@]23CCC([C@@](C)(C=CC=C(C)C(=O)O)OC2=O)[C@@]3(OC(C)=O)CC1. The molecule has 3 aliphatic rings. The zero-order valence-corrected chi connectivity index (χ0v) is 18.2. The van der Waals surface area contributed by atoms with Gasteiger partial charge in [-0.1, -0.05) is 18.2 Å². The molecular formula is C23H28O8. The van der Waals surface area contributed by atoms with Gasteiger partial charge in [-0.25, -0.2) is 9.59 Å². The fourth-order valence-electron chi connectivity index (χ4n) is 5.45. The van der Waals surface area contributed by atoms with E-state index in [1.165, 1.54) is 27.0 Å². The number of allylic oxidation sites excluding steroid dienone is 3. The highest BCUT2D eigenvalue weighted by atomic mass is 16.6. The minimum absolute atomic E-state index is 0.138. The summed E-state index contributed by atoms with van der Waals surface area (Å²) >= 11 is 0. The molecule has 1 N–H and O–H groups in total. The number of ether oxygens (including phenoxy) is 3. The van der Waals surface area contributed by atoms with Gasteiger partial charge in [-0.2, -0.15) is 0 Å². The van der Waals surface area contributed by atoms with Gasteiger partial charge in [0, 0.05) is 24.0 Å². The van der Waals surface area contributed by atoms with Crippen molar-refractivity contribution in [1.29, 1.82) is 0 Å². The second-order valence-corrected chi connectivity index (χ2v) is 8.67. The van der Waals surface area contributed by atoms with Gasteiger partial charge in [0.2, 0.25) is 0 Å². The molecule has 8 heteroatoms. The van der Waals surface area contributed by atoms with Crippen LogP contribution in [0.4, 0.5) is 0 Å². The number of carboxylic acid groups (broad SMARTS) is 1. The molecule has 0 spiro atoms. The first kappa shape index (κ1) is 22.8. The molecule has 3 rings (SSSR count). The number of carbonyl (C=O) groups excluding carboxylic acids is 3. The minimum Gasteiger partial charge on any atom is -0.478 e. The molecule has 4 atom stereocenters. The zero-order valence-electron chi connectivity index (χ0n) is 18.2. The van der Waals surface area contributed by atoms with Gasteiger partial charge < -0.3 is 19.3 Å². The third-order valence-electron chi connectivity index (χ3n) is 6.97. The monoisotopic (exact) mass is 432 g/mol. The maximum Gasteiger partial charge on any atom is 0.333 e. The molecule has 0 radical (unpaired) electrons. The number of carboxylic acids is 1. The Morgan fingerprint density at radius 1 is 1.26 bits per heavy atom. The van der Waals surface area contributed by atoms with Gasteiger partial charge in [-0.05, 0) is 52.0 Å². The fourth-order valence-corrected chi connectivity index (χ4v) is 5.45. The Bertz CT molecular complexity index is 913. The average Bonchev–Trinajstić information content (AvgIpc) is 2.84. The van der Waals surface area contributed by atoms with Crippen LogP contribution in [-0.2, 0) is 33.4 Å². The highest BCUT2D eigenvalue weighted by Crippen LogP contribution is 2.65. The molecule has 2 fully saturated rings. The van der Waals surface area contributed by atoms with E-state index < -0.39 is 40.5 Å². The van der Waals surface area contributed by atoms with Crippen LogP contribution < -0.4 is 0 Å². The quantitative estimate of drug-likeness (QED) is 0.305. The van der Waals surface area contributed by atoms with Gasteiger partial charge in [0.05, 0.1) is 7.11 Å². The zero-order chi connectivity index (χ0) is 23.0. The van der Waals surface area contributed by atoms with Crippen molar-refractivity contribution in [2.24, 2.45) is 11.3 Å². The summed E-state index contributed by atoms with van der Waals surface area (Å²) in [7, 11) is 1.30. The summed E-state index contributed by atoms with van der Waals surface area (Å²) in [5, 5.41) is 9.06. The van der Waals surface area contributed by atoms with Crippen molar-refractivity contribution in [3.05, 3.63) is 35.5 Å². The number of hydrogen-bond acceptors (Lipinski definition) is 7. The van der Waals surface area contributed by atoms with E-state index in [1.54, 1.807) is 25.2 Å². The highest BCUT2D eigenvalue weighted by molar-refractivity contribution is 5.89. The third kappa shape index (κ3) is 3.58. The molecule has 2 aliphatic carbocycles. The second kappa shape index (κ2) is 7.98. The molecule has 1 aliphatic heterocycles. The van der Waals surface area contributed by atoms with Gasteiger partial charge >= 0.3 is 23.9 Å². The van der Waals surface area contributed by atoms with Crippen molar-refractivity contribution >= 4 is 23.9 Å². The average molecular weight is 432 g/mol. The summed E-state index contributed by atoms with van der Waals surface area (Å²) in [4.78, 5) is 48.8. The van der Waals surface area contributed by atoms with Crippen LogP contribution in [0.15, 0.2) is 35.5 Å². The fraction of sp³-hybridized carbons (Fsp3) is 0.565. The lowest BCUT2D eigenvalue weighted by Gasteiger charge is -2.54. The van der Waals surface area contributed by atoms with E-state index in [-0.39, 0.29) is 17.9 Å². The Morgan fingerprint density at radius 3 is 2.58 bits per heavy atom. The van der Waals surface area contributed by atoms with E-state index in [0.29, 0.717) is 31.3 Å². The van der Waals surface area contributed by atoms with Crippen molar-refractivity contribution in [2.75, 3.05) is 7.11 Å². The lowest BCUT2D eigenvalue weighted by atomic mass is 9.62. The topological polar surface area (TPSA) is 116 Å². The van der Waals surface area contributed by atoms with Gasteiger partial charge in [0.25, 0.3) is 0 Å². The molecule has 168 valence electrons. The largest absolute Gasteiger partial charge is 0.478 e. The Labute approximate surface area is 180 Å². The van der Waals surface area contributed by atoms with Crippen LogP contribution >= 0.6 is 0 Å². The minimum atomic E-state index is -1.13. The van der Waals surface area contributed by atoms with E-state index in [0.717, 1.165) is 0 Å².